The molecular weight excluding hydrogens is 397 g/mol. The third kappa shape index (κ3) is 4.65. The van der Waals surface area contributed by atoms with Gasteiger partial charge in [0.2, 0.25) is 5.91 Å². The molecule has 0 unspecified atom stereocenters. The molecule has 31 heavy (non-hydrogen) atoms. The first-order valence-corrected chi connectivity index (χ1v) is 11.3. The molecule has 2 aromatic carbocycles. The Morgan fingerprint density at radius 2 is 1.71 bits per heavy atom. The van der Waals surface area contributed by atoms with E-state index in [0.29, 0.717) is 29.8 Å². The Morgan fingerprint density at radius 1 is 1.03 bits per heavy atom. The molecule has 0 aromatic heterocycles. The Labute approximate surface area is 181 Å². The molecule has 166 valence electrons. The van der Waals surface area contributed by atoms with Gasteiger partial charge < -0.3 is 15.5 Å². The van der Waals surface area contributed by atoms with Gasteiger partial charge in [0.1, 0.15) is 17.2 Å². The van der Waals surface area contributed by atoms with Crippen molar-refractivity contribution in [1.82, 2.24) is 0 Å². The number of nitrogens with zero attached hydrogens (tertiary/aromatic N) is 1. The van der Waals surface area contributed by atoms with Crippen LogP contribution in [-0.2, 0) is 4.79 Å². The maximum Gasteiger partial charge on any atom is 0.253 e. The third-order valence-electron chi connectivity index (χ3n) is 6.90. The second-order valence-corrected chi connectivity index (χ2v) is 9.12. The summed E-state index contributed by atoms with van der Waals surface area (Å²) < 4.78 is 13.8. The molecule has 1 saturated heterocycles. The summed E-state index contributed by atoms with van der Waals surface area (Å²) in [5.74, 6) is 0.301. The smallest absolute Gasteiger partial charge is 0.253 e. The Hall–Kier alpha value is -2.70. The number of carbonyl (C=O) groups is 1. The fourth-order valence-electron chi connectivity index (χ4n) is 4.75. The van der Waals surface area contributed by atoms with Crippen molar-refractivity contribution in [3.8, 4) is 0 Å². The van der Waals surface area contributed by atoms with Gasteiger partial charge >= 0.3 is 0 Å². The summed E-state index contributed by atoms with van der Waals surface area (Å²) in [5.41, 5.74) is 0.474. The molecule has 2 fully saturated rings. The molecule has 2 aromatic rings. The molecule has 1 saturated carbocycles. The van der Waals surface area contributed by atoms with Crippen molar-refractivity contribution in [2.24, 2.45) is 17.8 Å². The zero-order valence-corrected chi connectivity index (χ0v) is 18.0. The van der Waals surface area contributed by atoms with Gasteiger partial charge in [0.15, 0.2) is 0 Å². The highest BCUT2D eigenvalue weighted by Gasteiger charge is 2.30. The van der Waals surface area contributed by atoms with Crippen molar-refractivity contribution in [1.29, 1.82) is 0 Å². The molecule has 6 nitrogen and oxygen atoms in total. The van der Waals surface area contributed by atoms with Crippen LogP contribution in [0.5, 0.6) is 0 Å². The van der Waals surface area contributed by atoms with Gasteiger partial charge in [-0.2, -0.15) is 0 Å². The summed E-state index contributed by atoms with van der Waals surface area (Å²) in [6.45, 7) is 4.49. The largest absolute Gasteiger partial charge is 0.380 e. The number of piperidine rings is 1. The van der Waals surface area contributed by atoms with Crippen LogP contribution in [0.4, 0.5) is 21.5 Å². The number of carbonyl (C=O) groups excluding carboxylic acids is 1. The molecule has 4 rings (SSSR count). The van der Waals surface area contributed by atoms with E-state index in [1.807, 2.05) is 0 Å². The Bertz CT molecular complexity index is 998. The van der Waals surface area contributed by atoms with Crippen LogP contribution in [0, 0.1) is 23.6 Å². The van der Waals surface area contributed by atoms with E-state index in [2.05, 4.69) is 22.5 Å². The molecule has 1 aliphatic carbocycles. The van der Waals surface area contributed by atoms with Gasteiger partial charge in [0.25, 0.3) is 10.9 Å². The van der Waals surface area contributed by atoms with E-state index in [4.69, 9.17) is 0 Å². The summed E-state index contributed by atoms with van der Waals surface area (Å²) in [6, 6.07) is 6.18. The van der Waals surface area contributed by atoms with Gasteiger partial charge in [-0.15, -0.1) is 0 Å². The van der Waals surface area contributed by atoms with Crippen LogP contribution in [0.2, 0.25) is 0 Å². The van der Waals surface area contributed by atoms with Crippen molar-refractivity contribution in [3.05, 3.63) is 50.5 Å². The molecule has 1 amide bonds. The van der Waals surface area contributed by atoms with Crippen LogP contribution in [0.15, 0.2) is 33.9 Å². The van der Waals surface area contributed by atoms with E-state index in [9.17, 15) is 18.8 Å². The topological polar surface area (TPSA) is 78.5 Å². The molecular formula is C24H30FN3O3. The summed E-state index contributed by atoms with van der Waals surface area (Å²) in [4.78, 5) is 38.8. The highest BCUT2D eigenvalue weighted by Crippen LogP contribution is 2.31. The highest BCUT2D eigenvalue weighted by atomic mass is 19.1. The van der Waals surface area contributed by atoms with Crippen molar-refractivity contribution in [2.75, 3.05) is 35.2 Å². The Balaban J connectivity index is 1.27. The number of hydrogen-bond donors (Lipinski definition) is 2. The molecule has 0 radical (unpaired) electrons. The minimum absolute atomic E-state index is 0.132. The minimum Gasteiger partial charge on any atom is -0.380 e. The maximum absolute atomic E-state index is 13.8. The lowest BCUT2D eigenvalue weighted by molar-refractivity contribution is -0.121. The number of hydrogen-bond acceptors (Lipinski definition) is 5. The minimum atomic E-state index is -0.430. The van der Waals surface area contributed by atoms with Crippen LogP contribution >= 0.6 is 0 Å². The summed E-state index contributed by atoms with van der Waals surface area (Å²) in [5, 5.41) is 5.93. The molecule has 0 bridgehead atoms. The highest BCUT2D eigenvalue weighted by molar-refractivity contribution is 5.92. The predicted molar refractivity (Wildman–Crippen MR) is 121 cm³/mol. The molecule has 2 aliphatic rings. The lowest BCUT2D eigenvalue weighted by atomic mass is 9.81. The molecule has 0 spiro atoms. The Morgan fingerprint density at radius 3 is 2.39 bits per heavy atom. The van der Waals surface area contributed by atoms with Gasteiger partial charge in [-0.25, -0.2) is 4.39 Å². The quantitative estimate of drug-likeness (QED) is 0.690. The third-order valence-corrected chi connectivity index (χ3v) is 6.90. The van der Waals surface area contributed by atoms with Gasteiger partial charge in [-0.05, 0) is 62.5 Å². The van der Waals surface area contributed by atoms with E-state index in [0.717, 1.165) is 51.6 Å². The van der Waals surface area contributed by atoms with Crippen LogP contribution in [0.25, 0.3) is 0 Å². The zero-order valence-electron chi connectivity index (χ0n) is 18.0. The van der Waals surface area contributed by atoms with Crippen molar-refractivity contribution in [3.63, 3.8) is 0 Å². The average molecular weight is 428 g/mol. The molecule has 1 heterocycles. The van der Waals surface area contributed by atoms with E-state index < -0.39 is 11.2 Å². The number of rotatable bonds is 6. The number of para-hydroxylation sites is 1. The van der Waals surface area contributed by atoms with Crippen molar-refractivity contribution < 1.29 is 9.18 Å². The summed E-state index contributed by atoms with van der Waals surface area (Å²) in [6.07, 6.45) is 5.25. The molecule has 7 heteroatoms. The van der Waals surface area contributed by atoms with E-state index in [1.54, 1.807) is 18.2 Å². The van der Waals surface area contributed by atoms with Gasteiger partial charge in [0.05, 0.1) is 5.69 Å². The van der Waals surface area contributed by atoms with Crippen molar-refractivity contribution in [2.45, 2.75) is 45.4 Å². The molecule has 1 aliphatic heterocycles. The van der Waals surface area contributed by atoms with Crippen LogP contribution in [0.3, 0.4) is 0 Å². The standard InChI is InChI=1S/C24H30FN3O3/c1-15-10-12-28(13-11-15)21-20(22(29)23(21)30)26-14-16-6-8-17(9-7-16)24(31)27-19-5-3-2-4-18(19)25/h2-5,15-17,26H,6-14H2,1H3,(H,27,31). The van der Waals surface area contributed by atoms with Crippen LogP contribution in [0.1, 0.15) is 45.4 Å². The summed E-state index contributed by atoms with van der Waals surface area (Å²) in [7, 11) is 0. The van der Waals surface area contributed by atoms with Gasteiger partial charge in [-0.1, -0.05) is 19.1 Å². The second-order valence-electron chi connectivity index (χ2n) is 9.12. The summed E-state index contributed by atoms with van der Waals surface area (Å²) >= 11 is 0. The molecule has 0 atom stereocenters. The van der Waals surface area contributed by atoms with Crippen LogP contribution in [-0.4, -0.2) is 25.5 Å². The SMILES string of the molecule is CC1CCN(c2c(NCC3CCC(C(=O)Nc4ccccc4F)CC3)c(=O)c2=O)CC1. The molecule has 2 N–H and O–H groups in total. The second kappa shape index (κ2) is 9.20. The Kier molecular flexibility index (Phi) is 6.39. The number of benzene rings is 1. The monoisotopic (exact) mass is 427 g/mol. The van der Waals surface area contributed by atoms with E-state index in [-0.39, 0.29) is 22.9 Å². The van der Waals surface area contributed by atoms with Gasteiger partial charge in [0, 0.05) is 25.6 Å². The number of amides is 1. The number of nitrogens with one attached hydrogen (secondary N) is 2. The number of anilines is 3. The average Bonchev–Trinajstić information content (AvgIpc) is 2.79. The van der Waals surface area contributed by atoms with Gasteiger partial charge in [-0.3, -0.25) is 14.4 Å². The maximum atomic E-state index is 13.8. The first-order valence-electron chi connectivity index (χ1n) is 11.3. The first kappa shape index (κ1) is 21.5. The predicted octanol–water partition coefficient (Wildman–Crippen LogP) is 3.52. The van der Waals surface area contributed by atoms with E-state index in [1.165, 1.54) is 6.07 Å². The lowest BCUT2D eigenvalue weighted by Gasteiger charge is -2.34. The zero-order chi connectivity index (χ0) is 22.0. The lowest BCUT2D eigenvalue weighted by Crippen LogP contribution is -2.45. The fraction of sp³-hybridized carbons (Fsp3) is 0.542. The van der Waals surface area contributed by atoms with Crippen LogP contribution < -0.4 is 26.4 Å². The first-order chi connectivity index (χ1) is 14.9. The normalized spacial score (nSPS) is 22.5. The number of halogens is 1. The van der Waals surface area contributed by atoms with Crippen molar-refractivity contribution >= 4 is 23.0 Å². The van der Waals surface area contributed by atoms with E-state index >= 15 is 0 Å². The fourth-order valence-corrected chi connectivity index (χ4v) is 4.75.